The van der Waals surface area contributed by atoms with E-state index in [-0.39, 0.29) is 5.92 Å². The van der Waals surface area contributed by atoms with E-state index in [1.54, 1.807) is 6.33 Å². The third-order valence-corrected chi connectivity index (χ3v) is 3.24. The third-order valence-electron chi connectivity index (χ3n) is 3.24. The molecule has 19 heavy (non-hydrogen) atoms. The highest BCUT2D eigenvalue weighted by molar-refractivity contribution is 5.27. The van der Waals surface area contributed by atoms with Crippen LogP contribution in [-0.4, -0.2) is 19.6 Å². The lowest BCUT2D eigenvalue weighted by Crippen LogP contribution is -2.05. The summed E-state index contributed by atoms with van der Waals surface area (Å²) in [6.07, 6.45) is 4.88. The number of nitrogens with zero attached hydrogens (tertiary/aromatic N) is 3. The predicted molar refractivity (Wildman–Crippen MR) is 75.2 cm³/mol. The van der Waals surface area contributed by atoms with Crippen molar-refractivity contribution in [2.45, 2.75) is 39.7 Å². The summed E-state index contributed by atoms with van der Waals surface area (Å²) in [6.45, 7) is 8.23. The Balaban J connectivity index is 2.23. The molecule has 0 aliphatic heterocycles. The van der Waals surface area contributed by atoms with Crippen LogP contribution in [0.3, 0.4) is 0 Å². The standard InChI is InChI=1S/C15H21N3O/c1-10(2)12-5-6-14(16-7-12)18-8-13(17-9-18)15(19)11(3)4/h5-11,15,19H,1-4H3/t15-/m1/s1. The van der Waals surface area contributed by atoms with E-state index in [2.05, 4.69) is 29.9 Å². The van der Waals surface area contributed by atoms with Gasteiger partial charge in [-0.3, -0.25) is 4.57 Å². The van der Waals surface area contributed by atoms with Crippen LogP contribution in [0.1, 0.15) is 51.0 Å². The molecule has 1 N–H and O–H groups in total. The first-order valence-corrected chi connectivity index (χ1v) is 6.67. The Labute approximate surface area is 114 Å². The van der Waals surface area contributed by atoms with Gasteiger partial charge in [0, 0.05) is 12.4 Å². The Kier molecular flexibility index (Phi) is 4.00. The summed E-state index contributed by atoms with van der Waals surface area (Å²) in [5, 5.41) is 9.98. The van der Waals surface area contributed by atoms with Gasteiger partial charge in [0.05, 0.1) is 11.8 Å². The number of hydrogen-bond acceptors (Lipinski definition) is 3. The van der Waals surface area contributed by atoms with Gasteiger partial charge in [-0.15, -0.1) is 0 Å². The molecule has 0 radical (unpaired) electrons. The van der Waals surface area contributed by atoms with Crippen LogP contribution in [0.5, 0.6) is 0 Å². The Morgan fingerprint density at radius 2 is 1.84 bits per heavy atom. The summed E-state index contributed by atoms with van der Waals surface area (Å²) in [5.74, 6) is 1.45. The molecule has 0 aromatic carbocycles. The van der Waals surface area contributed by atoms with Crippen molar-refractivity contribution >= 4 is 0 Å². The molecule has 2 rings (SSSR count). The van der Waals surface area contributed by atoms with E-state index in [9.17, 15) is 5.11 Å². The zero-order valence-corrected chi connectivity index (χ0v) is 11.9. The van der Waals surface area contributed by atoms with Gasteiger partial charge >= 0.3 is 0 Å². The average molecular weight is 259 g/mol. The van der Waals surface area contributed by atoms with E-state index in [0.717, 1.165) is 5.82 Å². The van der Waals surface area contributed by atoms with Crippen molar-refractivity contribution in [3.05, 3.63) is 42.1 Å². The number of rotatable bonds is 4. The first-order chi connectivity index (χ1) is 8.99. The van der Waals surface area contributed by atoms with Crippen molar-refractivity contribution in [2.24, 2.45) is 5.92 Å². The van der Waals surface area contributed by atoms with Gasteiger partial charge in [-0.25, -0.2) is 9.97 Å². The Morgan fingerprint density at radius 1 is 1.11 bits per heavy atom. The molecule has 0 amide bonds. The lowest BCUT2D eigenvalue weighted by Gasteiger charge is -2.10. The normalized spacial score (nSPS) is 13.2. The van der Waals surface area contributed by atoms with Crippen molar-refractivity contribution in [1.82, 2.24) is 14.5 Å². The van der Waals surface area contributed by atoms with E-state index < -0.39 is 6.10 Å². The summed E-state index contributed by atoms with van der Waals surface area (Å²) < 4.78 is 1.84. The zero-order chi connectivity index (χ0) is 14.0. The summed E-state index contributed by atoms with van der Waals surface area (Å²) >= 11 is 0. The smallest absolute Gasteiger partial charge is 0.137 e. The van der Waals surface area contributed by atoms with E-state index >= 15 is 0 Å². The minimum Gasteiger partial charge on any atom is -0.386 e. The van der Waals surface area contributed by atoms with Gasteiger partial charge < -0.3 is 5.11 Å². The van der Waals surface area contributed by atoms with Crippen LogP contribution in [0.2, 0.25) is 0 Å². The molecule has 0 bridgehead atoms. The van der Waals surface area contributed by atoms with Gasteiger partial charge in [-0.2, -0.15) is 0 Å². The molecule has 4 nitrogen and oxygen atoms in total. The lowest BCUT2D eigenvalue weighted by molar-refractivity contribution is 0.123. The molecule has 1 atom stereocenters. The van der Waals surface area contributed by atoms with Crippen LogP contribution in [0.25, 0.3) is 5.82 Å². The molecule has 4 heteroatoms. The summed E-state index contributed by atoms with van der Waals surface area (Å²) in [5.41, 5.74) is 1.90. The van der Waals surface area contributed by atoms with Crippen molar-refractivity contribution in [3.8, 4) is 5.82 Å². The Morgan fingerprint density at radius 3 is 2.37 bits per heavy atom. The minimum absolute atomic E-state index is 0.152. The average Bonchev–Trinajstić information content (AvgIpc) is 2.87. The van der Waals surface area contributed by atoms with Gasteiger partial charge in [0.25, 0.3) is 0 Å². The Bertz CT molecular complexity index is 529. The van der Waals surface area contributed by atoms with Gasteiger partial charge in [0.15, 0.2) is 0 Å². The maximum absolute atomic E-state index is 9.98. The maximum Gasteiger partial charge on any atom is 0.137 e. The molecule has 0 fully saturated rings. The fraction of sp³-hybridized carbons (Fsp3) is 0.467. The second-order valence-electron chi connectivity index (χ2n) is 5.50. The van der Waals surface area contributed by atoms with Crippen molar-refractivity contribution < 1.29 is 5.11 Å². The maximum atomic E-state index is 9.98. The highest BCUT2D eigenvalue weighted by Crippen LogP contribution is 2.20. The molecule has 0 saturated heterocycles. The van der Waals surface area contributed by atoms with Crippen molar-refractivity contribution in [2.75, 3.05) is 0 Å². The number of aliphatic hydroxyl groups excluding tert-OH is 1. The predicted octanol–water partition coefficient (Wildman–Crippen LogP) is 3.08. The highest BCUT2D eigenvalue weighted by atomic mass is 16.3. The second kappa shape index (κ2) is 5.53. The van der Waals surface area contributed by atoms with E-state index in [1.807, 2.05) is 36.9 Å². The molecule has 2 aromatic rings. The minimum atomic E-state index is -0.531. The molecule has 2 heterocycles. The van der Waals surface area contributed by atoms with Crippen LogP contribution in [0.4, 0.5) is 0 Å². The largest absolute Gasteiger partial charge is 0.386 e. The molecule has 0 spiro atoms. The van der Waals surface area contributed by atoms with E-state index in [0.29, 0.717) is 11.6 Å². The van der Waals surface area contributed by atoms with Crippen LogP contribution >= 0.6 is 0 Å². The van der Waals surface area contributed by atoms with Crippen molar-refractivity contribution in [3.63, 3.8) is 0 Å². The lowest BCUT2D eigenvalue weighted by atomic mass is 10.1. The van der Waals surface area contributed by atoms with Crippen molar-refractivity contribution in [1.29, 1.82) is 0 Å². The molecular formula is C15H21N3O. The fourth-order valence-electron chi connectivity index (χ4n) is 1.85. The van der Waals surface area contributed by atoms with Gasteiger partial charge in [0.1, 0.15) is 12.1 Å². The fourth-order valence-corrected chi connectivity index (χ4v) is 1.85. The molecule has 0 saturated carbocycles. The topological polar surface area (TPSA) is 50.9 Å². The Hall–Kier alpha value is -1.68. The molecule has 0 unspecified atom stereocenters. The molecule has 102 valence electrons. The molecule has 0 aliphatic carbocycles. The first kappa shape index (κ1) is 13.7. The van der Waals surface area contributed by atoms with Gasteiger partial charge in [-0.05, 0) is 23.5 Å². The highest BCUT2D eigenvalue weighted by Gasteiger charge is 2.15. The van der Waals surface area contributed by atoms with Gasteiger partial charge in [0.2, 0.25) is 0 Å². The van der Waals surface area contributed by atoms with E-state index in [4.69, 9.17) is 0 Å². The molecule has 0 aliphatic rings. The number of imidazole rings is 1. The summed E-state index contributed by atoms with van der Waals surface area (Å²) in [4.78, 5) is 8.67. The third kappa shape index (κ3) is 3.01. The van der Waals surface area contributed by atoms with Crippen LogP contribution in [0, 0.1) is 5.92 Å². The quantitative estimate of drug-likeness (QED) is 0.918. The number of aromatic nitrogens is 3. The summed E-state index contributed by atoms with van der Waals surface area (Å²) in [6, 6.07) is 4.05. The monoisotopic (exact) mass is 259 g/mol. The number of aliphatic hydroxyl groups is 1. The first-order valence-electron chi connectivity index (χ1n) is 6.67. The number of pyridine rings is 1. The van der Waals surface area contributed by atoms with Gasteiger partial charge in [-0.1, -0.05) is 33.8 Å². The van der Waals surface area contributed by atoms with Crippen LogP contribution in [-0.2, 0) is 0 Å². The molecule has 2 aromatic heterocycles. The zero-order valence-electron chi connectivity index (χ0n) is 11.9. The summed E-state index contributed by atoms with van der Waals surface area (Å²) in [7, 11) is 0. The second-order valence-corrected chi connectivity index (χ2v) is 5.50. The number of hydrogen-bond donors (Lipinski definition) is 1. The van der Waals surface area contributed by atoms with Crippen LogP contribution in [0.15, 0.2) is 30.9 Å². The van der Waals surface area contributed by atoms with E-state index in [1.165, 1.54) is 5.56 Å². The van der Waals surface area contributed by atoms with Crippen LogP contribution < -0.4 is 0 Å². The SMILES string of the molecule is CC(C)c1ccc(-n2cnc([C@H](O)C(C)C)c2)nc1. The molecular weight excluding hydrogens is 238 g/mol.